The Kier molecular flexibility index (Phi) is 5.58. The molecule has 0 radical (unpaired) electrons. The first-order chi connectivity index (χ1) is 13.1. The Morgan fingerprint density at radius 2 is 1.59 bits per heavy atom. The largest absolute Gasteiger partial charge is 0.457 e. The number of nitrogens with two attached hydrogens (primary N) is 1. The quantitative estimate of drug-likeness (QED) is 0.646. The van der Waals surface area contributed by atoms with Gasteiger partial charge in [0, 0.05) is 18.1 Å². The zero-order valence-corrected chi connectivity index (χ0v) is 14.2. The first-order valence-corrected chi connectivity index (χ1v) is 7.98. The number of hydrogen-bond acceptors (Lipinski definition) is 7. The molecule has 8 heteroatoms. The number of amides is 1. The van der Waals surface area contributed by atoms with Crippen molar-refractivity contribution in [2.24, 2.45) is 0 Å². The average molecular weight is 364 g/mol. The monoisotopic (exact) mass is 364 g/mol. The van der Waals surface area contributed by atoms with Crippen molar-refractivity contribution in [2.45, 2.75) is 0 Å². The van der Waals surface area contributed by atoms with Crippen LogP contribution in [0.4, 0.5) is 11.5 Å². The summed E-state index contributed by atoms with van der Waals surface area (Å²) in [4.78, 5) is 31.3. The normalized spacial score (nSPS) is 10.1. The van der Waals surface area contributed by atoms with E-state index < -0.39 is 18.5 Å². The molecule has 27 heavy (non-hydrogen) atoms. The van der Waals surface area contributed by atoms with Crippen LogP contribution >= 0.6 is 0 Å². The van der Waals surface area contributed by atoms with Crippen molar-refractivity contribution in [1.29, 1.82) is 0 Å². The van der Waals surface area contributed by atoms with E-state index in [2.05, 4.69) is 15.3 Å². The van der Waals surface area contributed by atoms with Crippen molar-refractivity contribution in [3.05, 3.63) is 72.7 Å². The van der Waals surface area contributed by atoms with E-state index in [-0.39, 0.29) is 11.5 Å². The van der Waals surface area contributed by atoms with E-state index in [1.54, 1.807) is 24.3 Å². The van der Waals surface area contributed by atoms with E-state index in [9.17, 15) is 9.59 Å². The van der Waals surface area contributed by atoms with Crippen LogP contribution in [0.2, 0.25) is 0 Å². The standard InChI is InChI=1S/C19H16N4O4/c20-18-17(21-10-11-22-18)19(25)26-12-16(24)23-13-6-8-15(9-7-13)27-14-4-2-1-3-5-14/h1-11H,12H2,(H2,20,22)(H,23,24). The van der Waals surface area contributed by atoms with Crippen LogP contribution in [0.25, 0.3) is 0 Å². The number of carbonyl (C=O) groups is 2. The minimum atomic E-state index is -0.817. The highest BCUT2D eigenvalue weighted by molar-refractivity contribution is 5.96. The minimum absolute atomic E-state index is 0.0584. The van der Waals surface area contributed by atoms with Gasteiger partial charge in [-0.15, -0.1) is 0 Å². The van der Waals surface area contributed by atoms with Gasteiger partial charge >= 0.3 is 5.97 Å². The second-order valence-corrected chi connectivity index (χ2v) is 5.35. The highest BCUT2D eigenvalue weighted by Gasteiger charge is 2.15. The topological polar surface area (TPSA) is 116 Å². The molecule has 3 rings (SSSR count). The van der Waals surface area contributed by atoms with Gasteiger partial charge in [0.05, 0.1) is 0 Å². The number of nitrogen functional groups attached to an aromatic ring is 1. The SMILES string of the molecule is Nc1nccnc1C(=O)OCC(=O)Nc1ccc(Oc2ccccc2)cc1. The number of anilines is 2. The van der Waals surface area contributed by atoms with Crippen LogP contribution in [0, 0.1) is 0 Å². The minimum Gasteiger partial charge on any atom is -0.457 e. The molecule has 0 fully saturated rings. The second kappa shape index (κ2) is 8.43. The molecule has 3 aromatic rings. The van der Waals surface area contributed by atoms with Gasteiger partial charge < -0.3 is 20.5 Å². The van der Waals surface area contributed by atoms with Gasteiger partial charge in [0.1, 0.15) is 11.5 Å². The lowest BCUT2D eigenvalue weighted by Gasteiger charge is -2.09. The molecule has 0 spiro atoms. The van der Waals surface area contributed by atoms with Crippen LogP contribution in [0.1, 0.15) is 10.5 Å². The molecular weight excluding hydrogens is 348 g/mol. The predicted octanol–water partition coefficient (Wildman–Crippen LogP) is 2.65. The summed E-state index contributed by atoms with van der Waals surface area (Å²) in [6.45, 7) is -0.475. The Morgan fingerprint density at radius 3 is 2.30 bits per heavy atom. The molecule has 0 unspecified atom stereocenters. The first-order valence-electron chi connectivity index (χ1n) is 7.98. The maximum Gasteiger partial charge on any atom is 0.361 e. The van der Waals surface area contributed by atoms with Crippen molar-refractivity contribution >= 4 is 23.4 Å². The van der Waals surface area contributed by atoms with Gasteiger partial charge in [0.2, 0.25) is 0 Å². The third-order valence-corrected chi connectivity index (χ3v) is 3.37. The number of rotatable bonds is 6. The fraction of sp³-hybridized carbons (Fsp3) is 0.0526. The molecule has 1 heterocycles. The van der Waals surface area contributed by atoms with Crippen molar-refractivity contribution in [1.82, 2.24) is 9.97 Å². The molecule has 0 saturated heterocycles. The van der Waals surface area contributed by atoms with E-state index in [1.807, 2.05) is 30.3 Å². The van der Waals surface area contributed by atoms with E-state index in [4.69, 9.17) is 15.2 Å². The van der Waals surface area contributed by atoms with E-state index >= 15 is 0 Å². The number of ether oxygens (including phenoxy) is 2. The van der Waals surface area contributed by atoms with Crippen LogP contribution in [-0.2, 0) is 9.53 Å². The van der Waals surface area contributed by atoms with E-state index in [0.29, 0.717) is 17.2 Å². The zero-order chi connectivity index (χ0) is 19.1. The highest BCUT2D eigenvalue weighted by atomic mass is 16.5. The summed E-state index contributed by atoms with van der Waals surface area (Å²) in [5.74, 6) is -0.0324. The zero-order valence-electron chi connectivity index (χ0n) is 14.2. The number of benzene rings is 2. The maximum absolute atomic E-state index is 11.9. The summed E-state index contributed by atoms with van der Waals surface area (Å²) in [7, 11) is 0. The Hall–Kier alpha value is -3.94. The van der Waals surface area contributed by atoms with Crippen LogP contribution < -0.4 is 15.8 Å². The molecule has 1 aromatic heterocycles. The van der Waals surface area contributed by atoms with Gasteiger partial charge in [-0.05, 0) is 36.4 Å². The van der Waals surface area contributed by atoms with Gasteiger partial charge in [-0.2, -0.15) is 0 Å². The Labute approximate surface area is 155 Å². The lowest BCUT2D eigenvalue weighted by Crippen LogP contribution is -2.22. The molecule has 3 N–H and O–H groups in total. The molecule has 0 bridgehead atoms. The summed E-state index contributed by atoms with van der Waals surface area (Å²) in [5.41, 5.74) is 5.94. The molecule has 0 aliphatic rings. The van der Waals surface area contributed by atoms with Crippen molar-refractivity contribution in [3.8, 4) is 11.5 Å². The van der Waals surface area contributed by atoms with E-state index in [1.165, 1.54) is 12.4 Å². The van der Waals surface area contributed by atoms with Gasteiger partial charge in [-0.3, -0.25) is 4.79 Å². The third kappa shape index (κ3) is 5.02. The van der Waals surface area contributed by atoms with Crippen LogP contribution in [0.5, 0.6) is 11.5 Å². The molecule has 0 aliphatic heterocycles. The molecule has 1 amide bonds. The Morgan fingerprint density at radius 1 is 0.926 bits per heavy atom. The Balaban J connectivity index is 1.50. The molecular formula is C19H16N4O4. The molecule has 0 atom stereocenters. The van der Waals surface area contributed by atoms with Crippen molar-refractivity contribution in [2.75, 3.05) is 17.7 Å². The molecule has 0 aliphatic carbocycles. The van der Waals surface area contributed by atoms with Gasteiger partial charge in [0.25, 0.3) is 5.91 Å². The number of esters is 1. The number of nitrogens with one attached hydrogen (secondary N) is 1. The number of nitrogens with zero attached hydrogens (tertiary/aromatic N) is 2. The average Bonchev–Trinajstić information content (AvgIpc) is 2.69. The number of hydrogen-bond donors (Lipinski definition) is 2. The summed E-state index contributed by atoms with van der Waals surface area (Å²) in [5, 5.41) is 2.62. The third-order valence-electron chi connectivity index (χ3n) is 3.37. The van der Waals surface area contributed by atoms with E-state index in [0.717, 1.165) is 0 Å². The fourth-order valence-corrected chi connectivity index (χ4v) is 2.13. The number of carbonyl (C=O) groups excluding carboxylic acids is 2. The Bertz CT molecular complexity index is 930. The highest BCUT2D eigenvalue weighted by Crippen LogP contribution is 2.22. The van der Waals surface area contributed by atoms with Gasteiger partial charge in [-0.25, -0.2) is 14.8 Å². The maximum atomic E-state index is 11.9. The molecule has 0 saturated carbocycles. The predicted molar refractivity (Wildman–Crippen MR) is 98.3 cm³/mol. The van der Waals surface area contributed by atoms with Crippen LogP contribution in [-0.4, -0.2) is 28.5 Å². The molecule has 8 nitrogen and oxygen atoms in total. The fourth-order valence-electron chi connectivity index (χ4n) is 2.13. The summed E-state index contributed by atoms with van der Waals surface area (Å²) in [6.07, 6.45) is 2.66. The summed E-state index contributed by atoms with van der Waals surface area (Å²) >= 11 is 0. The second-order valence-electron chi connectivity index (χ2n) is 5.35. The van der Waals surface area contributed by atoms with Gasteiger partial charge in [0.15, 0.2) is 18.1 Å². The molecule has 2 aromatic carbocycles. The van der Waals surface area contributed by atoms with Crippen LogP contribution in [0.15, 0.2) is 67.0 Å². The van der Waals surface area contributed by atoms with Crippen molar-refractivity contribution in [3.63, 3.8) is 0 Å². The number of aromatic nitrogens is 2. The summed E-state index contributed by atoms with van der Waals surface area (Å²) in [6, 6.07) is 16.1. The van der Waals surface area contributed by atoms with Crippen molar-refractivity contribution < 1.29 is 19.1 Å². The lowest BCUT2D eigenvalue weighted by atomic mass is 10.3. The smallest absolute Gasteiger partial charge is 0.361 e. The lowest BCUT2D eigenvalue weighted by molar-refractivity contribution is -0.119. The molecule has 136 valence electrons. The number of para-hydroxylation sites is 1. The first kappa shape index (κ1) is 17.9. The summed E-state index contributed by atoms with van der Waals surface area (Å²) < 4.78 is 10.6. The van der Waals surface area contributed by atoms with Crippen LogP contribution in [0.3, 0.4) is 0 Å². The van der Waals surface area contributed by atoms with Gasteiger partial charge in [-0.1, -0.05) is 18.2 Å².